The molecule has 2 rings (SSSR count). The highest BCUT2D eigenvalue weighted by atomic mass is 32.2. The van der Waals surface area contributed by atoms with E-state index in [0.29, 0.717) is 5.69 Å². The van der Waals surface area contributed by atoms with Crippen molar-refractivity contribution in [2.75, 3.05) is 11.1 Å². The third-order valence-corrected chi connectivity index (χ3v) is 3.96. The molecule has 1 heterocycles. The van der Waals surface area contributed by atoms with Gasteiger partial charge in [-0.1, -0.05) is 6.42 Å². The number of thioether (sulfide) groups is 1. The monoisotopic (exact) mass is 239 g/mol. The van der Waals surface area contributed by atoms with Crippen LogP contribution in [0.2, 0.25) is 0 Å². The molecule has 0 aromatic heterocycles. The van der Waals surface area contributed by atoms with Crippen molar-refractivity contribution in [2.24, 2.45) is 0 Å². The van der Waals surface area contributed by atoms with Crippen LogP contribution in [0.3, 0.4) is 0 Å². The second-order valence-electron chi connectivity index (χ2n) is 3.85. The van der Waals surface area contributed by atoms with E-state index in [1.807, 2.05) is 0 Å². The Morgan fingerprint density at radius 1 is 1.31 bits per heavy atom. The second-order valence-corrected chi connectivity index (χ2v) is 5.16. The summed E-state index contributed by atoms with van der Waals surface area (Å²) in [6.07, 6.45) is 3.26. The minimum absolute atomic E-state index is 0.0382. The number of carbonyl (C=O) groups excluding carboxylic acids is 1. The van der Waals surface area contributed by atoms with Gasteiger partial charge in [-0.25, -0.2) is 4.39 Å². The summed E-state index contributed by atoms with van der Waals surface area (Å²) in [6.45, 7) is 0. The van der Waals surface area contributed by atoms with Crippen molar-refractivity contribution in [2.45, 2.75) is 24.5 Å². The van der Waals surface area contributed by atoms with Crippen LogP contribution >= 0.6 is 11.8 Å². The van der Waals surface area contributed by atoms with E-state index < -0.39 is 0 Å². The predicted molar refractivity (Wildman–Crippen MR) is 65.1 cm³/mol. The standard InChI is InChI=1S/C12H14FNOS/c13-9-4-6-10(7-5-9)14-12(15)11-3-1-2-8-16-11/h4-7,11H,1-3,8H2,(H,14,15). The van der Waals surface area contributed by atoms with Crippen LogP contribution in [0.4, 0.5) is 10.1 Å². The number of nitrogens with one attached hydrogen (secondary N) is 1. The molecule has 2 nitrogen and oxygen atoms in total. The van der Waals surface area contributed by atoms with Crippen LogP contribution in [0.15, 0.2) is 24.3 Å². The zero-order chi connectivity index (χ0) is 11.4. The molecule has 1 unspecified atom stereocenters. The fourth-order valence-electron chi connectivity index (χ4n) is 1.70. The maximum atomic E-state index is 12.7. The number of amides is 1. The van der Waals surface area contributed by atoms with Gasteiger partial charge in [-0.15, -0.1) is 11.8 Å². The molecular formula is C12H14FNOS. The quantitative estimate of drug-likeness (QED) is 0.859. The summed E-state index contributed by atoms with van der Waals surface area (Å²) < 4.78 is 12.7. The zero-order valence-electron chi connectivity index (χ0n) is 8.91. The summed E-state index contributed by atoms with van der Waals surface area (Å²) in [6, 6.07) is 5.87. The molecule has 1 aliphatic rings. The average Bonchev–Trinajstić information content (AvgIpc) is 2.33. The van der Waals surface area contributed by atoms with Gasteiger partial charge in [0.2, 0.25) is 5.91 Å². The van der Waals surface area contributed by atoms with Crippen LogP contribution in [0.25, 0.3) is 0 Å². The van der Waals surface area contributed by atoms with Gasteiger partial charge in [0.05, 0.1) is 5.25 Å². The zero-order valence-corrected chi connectivity index (χ0v) is 9.73. The summed E-state index contributed by atoms with van der Waals surface area (Å²) in [5, 5.41) is 2.87. The predicted octanol–water partition coefficient (Wildman–Crippen LogP) is 3.05. The van der Waals surface area contributed by atoms with Crippen LogP contribution in [0.1, 0.15) is 19.3 Å². The average molecular weight is 239 g/mol. The lowest BCUT2D eigenvalue weighted by Crippen LogP contribution is -2.27. The number of hydrogen-bond acceptors (Lipinski definition) is 2. The first-order valence-electron chi connectivity index (χ1n) is 5.44. The fourth-order valence-corrected chi connectivity index (χ4v) is 2.90. The van der Waals surface area contributed by atoms with Crippen molar-refractivity contribution in [3.05, 3.63) is 30.1 Å². The highest BCUT2D eigenvalue weighted by molar-refractivity contribution is 8.00. The molecule has 0 aliphatic carbocycles. The van der Waals surface area contributed by atoms with Gasteiger partial charge in [0.15, 0.2) is 0 Å². The molecule has 1 amide bonds. The van der Waals surface area contributed by atoms with Gasteiger partial charge in [0.25, 0.3) is 0 Å². The Balaban J connectivity index is 1.93. The topological polar surface area (TPSA) is 29.1 Å². The summed E-state index contributed by atoms with van der Waals surface area (Å²) in [5.41, 5.74) is 0.664. The lowest BCUT2D eigenvalue weighted by molar-refractivity contribution is -0.115. The maximum absolute atomic E-state index is 12.7. The molecule has 1 fully saturated rings. The Morgan fingerprint density at radius 2 is 2.06 bits per heavy atom. The van der Waals surface area contributed by atoms with Crippen LogP contribution < -0.4 is 5.32 Å². The Hall–Kier alpha value is -1.03. The SMILES string of the molecule is O=C(Nc1ccc(F)cc1)C1CCCCS1. The van der Waals surface area contributed by atoms with E-state index >= 15 is 0 Å². The van der Waals surface area contributed by atoms with Crippen molar-refractivity contribution in [3.8, 4) is 0 Å². The van der Waals surface area contributed by atoms with Crippen molar-refractivity contribution in [1.82, 2.24) is 0 Å². The third-order valence-electron chi connectivity index (χ3n) is 2.58. The first kappa shape index (κ1) is 11.5. The molecule has 1 atom stereocenters. The van der Waals surface area contributed by atoms with E-state index in [9.17, 15) is 9.18 Å². The summed E-state index contributed by atoms with van der Waals surface area (Å²) in [5.74, 6) is 0.808. The lowest BCUT2D eigenvalue weighted by Gasteiger charge is -2.20. The molecule has 1 N–H and O–H groups in total. The molecule has 1 saturated heterocycles. The van der Waals surface area contributed by atoms with Crippen molar-refractivity contribution < 1.29 is 9.18 Å². The number of halogens is 1. The molecule has 16 heavy (non-hydrogen) atoms. The van der Waals surface area contributed by atoms with Gasteiger partial charge in [-0.05, 0) is 42.9 Å². The van der Waals surface area contributed by atoms with Crippen LogP contribution in [-0.2, 0) is 4.79 Å². The minimum atomic E-state index is -0.287. The van der Waals surface area contributed by atoms with Crippen LogP contribution in [0, 0.1) is 5.82 Å². The molecule has 1 aromatic carbocycles. The van der Waals surface area contributed by atoms with Gasteiger partial charge in [0.1, 0.15) is 5.82 Å². The highest BCUT2D eigenvalue weighted by Crippen LogP contribution is 2.26. The highest BCUT2D eigenvalue weighted by Gasteiger charge is 2.21. The first-order valence-corrected chi connectivity index (χ1v) is 6.48. The van der Waals surface area contributed by atoms with Gasteiger partial charge in [-0.2, -0.15) is 0 Å². The van der Waals surface area contributed by atoms with Crippen LogP contribution in [0.5, 0.6) is 0 Å². The molecule has 0 saturated carbocycles. The molecule has 1 aliphatic heterocycles. The normalized spacial score (nSPS) is 20.4. The number of hydrogen-bond donors (Lipinski definition) is 1. The Bertz CT molecular complexity index is 360. The van der Waals surface area contributed by atoms with Gasteiger partial charge in [0, 0.05) is 5.69 Å². The molecular weight excluding hydrogens is 225 g/mol. The van der Waals surface area contributed by atoms with E-state index in [4.69, 9.17) is 0 Å². The van der Waals surface area contributed by atoms with Crippen molar-refractivity contribution in [1.29, 1.82) is 0 Å². The van der Waals surface area contributed by atoms with E-state index in [2.05, 4.69) is 5.32 Å². The first-order chi connectivity index (χ1) is 7.75. The van der Waals surface area contributed by atoms with Gasteiger partial charge >= 0.3 is 0 Å². The molecule has 1 aromatic rings. The Kier molecular flexibility index (Phi) is 3.83. The van der Waals surface area contributed by atoms with Gasteiger partial charge < -0.3 is 5.32 Å². The Labute approximate surface area is 98.6 Å². The number of rotatable bonds is 2. The third kappa shape index (κ3) is 2.98. The van der Waals surface area contributed by atoms with E-state index in [1.54, 1.807) is 23.9 Å². The lowest BCUT2D eigenvalue weighted by atomic mass is 10.2. The minimum Gasteiger partial charge on any atom is -0.325 e. The van der Waals surface area contributed by atoms with Crippen molar-refractivity contribution >= 4 is 23.4 Å². The van der Waals surface area contributed by atoms with E-state index in [-0.39, 0.29) is 17.0 Å². The molecule has 86 valence electrons. The molecule has 0 spiro atoms. The largest absolute Gasteiger partial charge is 0.325 e. The molecule has 0 bridgehead atoms. The smallest absolute Gasteiger partial charge is 0.237 e. The summed E-state index contributed by atoms with van der Waals surface area (Å²) >= 11 is 1.71. The maximum Gasteiger partial charge on any atom is 0.237 e. The van der Waals surface area contributed by atoms with E-state index in [1.165, 1.54) is 18.6 Å². The number of carbonyl (C=O) groups is 1. The summed E-state index contributed by atoms with van der Waals surface area (Å²) in [4.78, 5) is 11.8. The Morgan fingerprint density at radius 3 is 2.69 bits per heavy atom. The second kappa shape index (κ2) is 5.34. The number of benzene rings is 1. The fraction of sp³-hybridized carbons (Fsp3) is 0.417. The number of anilines is 1. The van der Waals surface area contributed by atoms with Crippen molar-refractivity contribution in [3.63, 3.8) is 0 Å². The summed E-state index contributed by atoms with van der Waals surface area (Å²) in [7, 11) is 0. The molecule has 4 heteroatoms. The van der Waals surface area contributed by atoms with Crippen LogP contribution in [-0.4, -0.2) is 16.9 Å². The van der Waals surface area contributed by atoms with E-state index in [0.717, 1.165) is 18.6 Å². The van der Waals surface area contributed by atoms with Gasteiger partial charge in [-0.3, -0.25) is 4.79 Å². The molecule has 0 radical (unpaired) electrons.